The van der Waals surface area contributed by atoms with Crippen LogP contribution < -0.4 is 0 Å². The van der Waals surface area contributed by atoms with Crippen molar-refractivity contribution in [1.82, 2.24) is 0 Å². The summed E-state index contributed by atoms with van der Waals surface area (Å²) < 4.78 is 18.1. The molecule has 1 aliphatic rings. The molecule has 1 saturated heterocycles. The maximum Gasteiger partial charge on any atom is 0.323 e. The van der Waals surface area contributed by atoms with E-state index in [0.717, 1.165) is 0 Å². The lowest BCUT2D eigenvalue weighted by Gasteiger charge is -2.10. The molecule has 0 bridgehead atoms. The Labute approximate surface area is 45.3 Å². The van der Waals surface area contributed by atoms with Crippen LogP contribution in [0.15, 0.2) is 5.34 Å². The van der Waals surface area contributed by atoms with Gasteiger partial charge >= 0.3 is 8.25 Å². The second-order valence-electron chi connectivity index (χ2n) is 0.738. The van der Waals surface area contributed by atoms with Crippen LogP contribution in [0.4, 0.5) is 0 Å². The predicted molar refractivity (Wildman–Crippen MR) is 23.6 cm³/mol. The minimum atomic E-state index is -1.94. The van der Waals surface area contributed by atoms with Gasteiger partial charge in [0.15, 0.2) is 12.1 Å². The Kier molecular flexibility index (Phi) is 4.44. The van der Waals surface area contributed by atoms with Crippen LogP contribution in [0, 0.1) is 4.91 Å². The maximum absolute atomic E-state index is 9.64. The predicted octanol–water partition coefficient (Wildman–Crippen LogP) is 0.522. The van der Waals surface area contributed by atoms with E-state index in [4.69, 9.17) is 10.1 Å². The molecule has 8 heavy (non-hydrogen) atoms. The lowest BCUT2D eigenvalue weighted by atomic mass is 11.6. The highest BCUT2D eigenvalue weighted by Gasteiger charge is 2.07. The molecule has 0 saturated carbocycles. The minimum absolute atomic E-state index is 0.220. The molecule has 0 amide bonds. The van der Waals surface area contributed by atoms with E-state index in [9.17, 15) is 4.57 Å². The summed E-state index contributed by atoms with van der Waals surface area (Å²) in [6.45, 7) is 0.220. The van der Waals surface area contributed by atoms with Crippen molar-refractivity contribution < 1.29 is 18.8 Å². The van der Waals surface area contributed by atoms with Gasteiger partial charge in [-0.3, -0.25) is 13.6 Å². The van der Waals surface area contributed by atoms with Crippen molar-refractivity contribution >= 4 is 8.25 Å². The summed E-state index contributed by atoms with van der Waals surface area (Å²) in [5.74, 6) is 0. The zero-order valence-corrected chi connectivity index (χ0v) is 4.73. The lowest BCUT2D eigenvalue weighted by Crippen LogP contribution is -1.97. The van der Waals surface area contributed by atoms with Gasteiger partial charge in [0.05, 0.1) is 0 Å². The zero-order chi connectivity index (χ0) is 6.41. The quantitative estimate of drug-likeness (QED) is 0.302. The van der Waals surface area contributed by atoms with Gasteiger partial charge in [-0.15, -0.1) is 4.91 Å². The third kappa shape index (κ3) is 3.73. The van der Waals surface area contributed by atoms with E-state index in [2.05, 4.69) is 9.05 Å². The van der Waals surface area contributed by atoms with E-state index < -0.39 is 8.25 Å². The number of hydrogen-bond donors (Lipinski definition) is 1. The molecule has 1 rings (SSSR count). The second-order valence-corrected chi connectivity index (χ2v) is 1.82. The first-order valence-electron chi connectivity index (χ1n) is 1.57. The molecule has 0 unspecified atom stereocenters. The largest absolute Gasteiger partial charge is 0.379 e. The Balaban J connectivity index is 0.000000145. The summed E-state index contributed by atoms with van der Waals surface area (Å²) in [7, 11) is -1.94. The normalized spacial score (nSPS) is 17.5. The summed E-state index contributed by atoms with van der Waals surface area (Å²) >= 11 is 0. The maximum atomic E-state index is 9.64. The average molecular weight is 141 g/mol. The molecule has 7 heteroatoms. The van der Waals surface area contributed by atoms with Crippen molar-refractivity contribution in [3.8, 4) is 0 Å². The van der Waals surface area contributed by atoms with E-state index in [-0.39, 0.29) is 6.79 Å². The van der Waals surface area contributed by atoms with E-state index >= 15 is 0 Å². The van der Waals surface area contributed by atoms with Gasteiger partial charge in [0.2, 0.25) is 0 Å². The molecule has 1 fully saturated rings. The number of rotatable bonds is 0. The molecule has 1 N–H and O–H groups in total. The van der Waals surface area contributed by atoms with Crippen LogP contribution in [0.2, 0.25) is 0 Å². The third-order valence-electron chi connectivity index (χ3n) is 0.354. The Morgan fingerprint density at radius 3 is 1.88 bits per heavy atom. The van der Waals surface area contributed by atoms with Gasteiger partial charge in [0.1, 0.15) is 0 Å². The second kappa shape index (κ2) is 4.70. The Bertz CT molecular complexity index is 86.4. The molecular weight excluding hydrogens is 137 g/mol. The minimum Gasteiger partial charge on any atom is -0.379 e. The number of nitrogens with zero attached hydrogens (tertiary/aromatic N) is 1. The Morgan fingerprint density at radius 2 is 1.88 bits per heavy atom. The van der Waals surface area contributed by atoms with Gasteiger partial charge in [-0.05, 0) is 0 Å². The van der Waals surface area contributed by atoms with Crippen molar-refractivity contribution in [3.63, 3.8) is 0 Å². The molecule has 0 aromatic rings. The Hall–Kier alpha value is -0.450. The fourth-order valence-electron chi connectivity index (χ4n) is 0.107. The highest BCUT2D eigenvalue weighted by atomic mass is 31.1. The molecule has 1 aliphatic heterocycles. The molecule has 0 aliphatic carbocycles. The standard InChI is InChI=1S/CH3O3P.HNO2/c2-5-3-1-4-5;2-1-3/h5H,1H2;(H,2,3). The fraction of sp³-hybridized carbons (Fsp3) is 1.00. The highest BCUT2D eigenvalue weighted by molar-refractivity contribution is 7.34. The molecule has 0 atom stereocenters. The molecule has 0 aromatic carbocycles. The van der Waals surface area contributed by atoms with Crippen molar-refractivity contribution in [2.45, 2.75) is 0 Å². The third-order valence-corrected chi connectivity index (χ3v) is 1.06. The Morgan fingerprint density at radius 1 is 1.62 bits per heavy atom. The first-order chi connectivity index (χ1) is 3.81. The molecule has 6 nitrogen and oxygen atoms in total. The van der Waals surface area contributed by atoms with E-state index in [1.807, 2.05) is 0 Å². The monoisotopic (exact) mass is 141 g/mol. The van der Waals surface area contributed by atoms with Crippen molar-refractivity contribution in [3.05, 3.63) is 4.91 Å². The van der Waals surface area contributed by atoms with Gasteiger partial charge < -0.3 is 5.21 Å². The van der Waals surface area contributed by atoms with Crippen LogP contribution in [-0.2, 0) is 13.6 Å². The lowest BCUT2D eigenvalue weighted by molar-refractivity contribution is 0.0270. The SMILES string of the molecule is O=NO.O=[PH]1OCO1. The first kappa shape index (κ1) is 7.55. The van der Waals surface area contributed by atoms with Crippen LogP contribution in [0.1, 0.15) is 0 Å². The fourth-order valence-corrected chi connectivity index (χ4v) is 0.321. The summed E-state index contributed by atoms with van der Waals surface area (Å²) in [4.78, 5) is 8.11. The molecule has 0 radical (unpaired) electrons. The van der Waals surface area contributed by atoms with Crippen LogP contribution >= 0.6 is 8.25 Å². The first-order valence-corrected chi connectivity index (χ1v) is 2.80. The van der Waals surface area contributed by atoms with Gasteiger partial charge in [-0.1, -0.05) is 0 Å². The van der Waals surface area contributed by atoms with Crippen molar-refractivity contribution in [1.29, 1.82) is 0 Å². The van der Waals surface area contributed by atoms with Crippen molar-refractivity contribution in [2.24, 2.45) is 5.34 Å². The highest BCUT2D eigenvalue weighted by Crippen LogP contribution is 2.32. The molecule has 48 valence electrons. The van der Waals surface area contributed by atoms with Crippen molar-refractivity contribution in [2.75, 3.05) is 6.79 Å². The summed E-state index contributed by atoms with van der Waals surface area (Å²) in [5.41, 5.74) is 0. The molecule has 1 heterocycles. The summed E-state index contributed by atoms with van der Waals surface area (Å²) in [5, 5.41) is 7.89. The van der Waals surface area contributed by atoms with Gasteiger partial charge in [0, 0.05) is 0 Å². The molecular formula is CH4NO5P. The van der Waals surface area contributed by atoms with E-state index in [1.165, 1.54) is 5.34 Å². The van der Waals surface area contributed by atoms with Gasteiger partial charge in [-0.25, -0.2) is 0 Å². The summed E-state index contributed by atoms with van der Waals surface area (Å²) in [6, 6.07) is 0. The smallest absolute Gasteiger partial charge is 0.323 e. The van der Waals surface area contributed by atoms with E-state index in [0.29, 0.717) is 0 Å². The van der Waals surface area contributed by atoms with Crippen LogP contribution in [0.25, 0.3) is 0 Å². The van der Waals surface area contributed by atoms with E-state index in [1.54, 1.807) is 0 Å². The van der Waals surface area contributed by atoms with Gasteiger partial charge in [-0.2, -0.15) is 0 Å². The molecule has 0 aromatic heterocycles. The average Bonchev–Trinajstić information content (AvgIpc) is 1.64. The zero-order valence-electron chi connectivity index (χ0n) is 3.73. The van der Waals surface area contributed by atoms with Crippen LogP contribution in [0.3, 0.4) is 0 Å². The van der Waals surface area contributed by atoms with Gasteiger partial charge in [0.25, 0.3) is 0 Å². The molecule has 0 spiro atoms. The number of hydrogen-bond acceptors (Lipinski definition) is 5. The van der Waals surface area contributed by atoms with Crippen LogP contribution in [0.5, 0.6) is 0 Å². The van der Waals surface area contributed by atoms with Crippen LogP contribution in [-0.4, -0.2) is 12.0 Å². The summed E-state index contributed by atoms with van der Waals surface area (Å²) in [6.07, 6.45) is 0. The topological polar surface area (TPSA) is 85.2 Å².